The molecule has 2 N–H and O–H groups in total. The van der Waals surface area contributed by atoms with Gasteiger partial charge in [0.05, 0.1) is 11.6 Å². The van der Waals surface area contributed by atoms with E-state index in [1.807, 2.05) is 0 Å². The summed E-state index contributed by atoms with van der Waals surface area (Å²) in [4.78, 5) is 14.9. The number of thiophene rings is 1. The number of halogens is 3. The Morgan fingerprint density at radius 2 is 2.22 bits per heavy atom. The average molecular weight is 395 g/mol. The van der Waals surface area contributed by atoms with Crippen LogP contribution in [0.5, 0.6) is 0 Å². The van der Waals surface area contributed by atoms with Crippen LogP contribution in [0.15, 0.2) is 29.6 Å². The van der Waals surface area contributed by atoms with E-state index in [0.29, 0.717) is 11.4 Å². The van der Waals surface area contributed by atoms with Crippen molar-refractivity contribution in [1.82, 2.24) is 4.90 Å². The van der Waals surface area contributed by atoms with E-state index >= 15 is 0 Å². The molecule has 2 aromatic rings. The summed E-state index contributed by atoms with van der Waals surface area (Å²) in [5.41, 5.74) is -0.433. The van der Waals surface area contributed by atoms with Crippen LogP contribution in [0.1, 0.15) is 28.3 Å². The van der Waals surface area contributed by atoms with Crippen molar-refractivity contribution in [2.75, 3.05) is 18.9 Å². The zero-order valence-corrected chi connectivity index (χ0v) is 15.0. The van der Waals surface area contributed by atoms with E-state index < -0.39 is 36.2 Å². The Labute approximate surface area is 157 Å². The summed E-state index contributed by atoms with van der Waals surface area (Å²) in [5.74, 6) is -2.82. The zero-order valence-electron chi connectivity index (χ0n) is 14.2. The molecule has 1 amide bonds. The second-order valence-electron chi connectivity index (χ2n) is 6.33. The molecule has 0 aliphatic carbocycles. The lowest BCUT2D eigenvalue weighted by Gasteiger charge is -2.21. The summed E-state index contributed by atoms with van der Waals surface area (Å²) in [7, 11) is 1.62. The molecule has 0 saturated carbocycles. The molecule has 5 nitrogen and oxygen atoms in total. The lowest BCUT2D eigenvalue weighted by atomic mass is 9.92. The first-order chi connectivity index (χ1) is 12.8. The lowest BCUT2D eigenvalue weighted by Crippen LogP contribution is -2.36. The van der Waals surface area contributed by atoms with E-state index in [0.717, 1.165) is 17.4 Å². The van der Waals surface area contributed by atoms with Crippen molar-refractivity contribution in [2.45, 2.75) is 18.6 Å². The number of hydrogen-bond donors (Lipinski definition) is 2. The number of nitriles is 1. The molecule has 1 saturated heterocycles. The molecule has 142 valence electrons. The second kappa shape index (κ2) is 7.68. The summed E-state index contributed by atoms with van der Waals surface area (Å²) in [6.07, 6.45) is -3.75. The van der Waals surface area contributed by atoms with E-state index in [4.69, 9.17) is 5.26 Å². The highest BCUT2D eigenvalue weighted by molar-refractivity contribution is 7.10. The monoisotopic (exact) mass is 395 g/mol. The molecule has 1 fully saturated rings. The maximum atomic E-state index is 13.7. The number of amides is 1. The molecule has 2 heterocycles. The van der Waals surface area contributed by atoms with Crippen molar-refractivity contribution in [1.29, 1.82) is 5.26 Å². The Hall–Kier alpha value is -2.41. The van der Waals surface area contributed by atoms with Crippen LogP contribution < -0.4 is 5.32 Å². The fourth-order valence-electron chi connectivity index (χ4n) is 3.23. The van der Waals surface area contributed by atoms with Crippen LogP contribution >= 0.6 is 11.3 Å². The van der Waals surface area contributed by atoms with Crippen molar-refractivity contribution in [3.05, 3.63) is 51.5 Å². The van der Waals surface area contributed by atoms with Crippen LogP contribution in [0, 0.1) is 23.1 Å². The smallest absolute Gasteiger partial charge is 0.264 e. The van der Waals surface area contributed by atoms with Gasteiger partial charge in [-0.3, -0.25) is 9.69 Å². The van der Waals surface area contributed by atoms with Gasteiger partial charge >= 0.3 is 0 Å². The summed E-state index contributed by atoms with van der Waals surface area (Å²) in [6, 6.07) is 6.89. The predicted molar refractivity (Wildman–Crippen MR) is 93.9 cm³/mol. The Balaban J connectivity index is 1.89. The number of likely N-dealkylation sites (N-methyl/N-ethyl adjacent to an activating group) is 1. The summed E-state index contributed by atoms with van der Waals surface area (Å²) < 4.78 is 39.5. The number of alkyl halides is 2. The first-order valence-electron chi connectivity index (χ1n) is 8.07. The van der Waals surface area contributed by atoms with Gasteiger partial charge in [-0.15, -0.1) is 11.3 Å². The Kier molecular flexibility index (Phi) is 5.51. The van der Waals surface area contributed by atoms with Crippen molar-refractivity contribution in [3.63, 3.8) is 0 Å². The quantitative estimate of drug-likeness (QED) is 0.833. The first-order valence-corrected chi connectivity index (χ1v) is 8.95. The minimum absolute atomic E-state index is 0.00227. The molecule has 9 heteroatoms. The molecule has 1 unspecified atom stereocenters. The molecule has 0 radical (unpaired) electrons. The molecule has 0 bridgehead atoms. The van der Waals surface area contributed by atoms with Gasteiger partial charge in [0.1, 0.15) is 23.7 Å². The van der Waals surface area contributed by atoms with Crippen LogP contribution in [0.25, 0.3) is 0 Å². The predicted octanol–water partition coefficient (Wildman–Crippen LogP) is 3.30. The van der Waals surface area contributed by atoms with Gasteiger partial charge in [-0.05, 0) is 30.6 Å². The van der Waals surface area contributed by atoms with Crippen molar-refractivity contribution >= 4 is 22.9 Å². The number of aliphatic hydroxyl groups excluding tert-OH is 1. The van der Waals surface area contributed by atoms with E-state index in [-0.39, 0.29) is 16.8 Å². The number of carbonyl (C=O) groups excluding carboxylic acids is 1. The van der Waals surface area contributed by atoms with Gasteiger partial charge in [0.2, 0.25) is 5.91 Å². The molecule has 1 aromatic carbocycles. The summed E-state index contributed by atoms with van der Waals surface area (Å²) in [5, 5.41) is 23.3. The number of rotatable bonds is 4. The third-order valence-corrected chi connectivity index (χ3v) is 5.72. The second-order valence-corrected chi connectivity index (χ2v) is 7.27. The van der Waals surface area contributed by atoms with Gasteiger partial charge in [-0.1, -0.05) is 6.07 Å². The van der Waals surface area contributed by atoms with E-state index in [1.165, 1.54) is 23.6 Å². The maximum absolute atomic E-state index is 13.7. The molecule has 27 heavy (non-hydrogen) atoms. The van der Waals surface area contributed by atoms with Gasteiger partial charge in [0.15, 0.2) is 0 Å². The van der Waals surface area contributed by atoms with Gasteiger partial charge in [0.25, 0.3) is 6.43 Å². The fraction of sp³-hybridized carbons (Fsp3) is 0.333. The minimum Gasteiger partial charge on any atom is -0.378 e. The number of nitrogens with one attached hydrogen (secondary N) is 1. The van der Waals surface area contributed by atoms with E-state index in [1.54, 1.807) is 18.0 Å². The van der Waals surface area contributed by atoms with Gasteiger partial charge in [-0.2, -0.15) is 5.26 Å². The fourth-order valence-corrected chi connectivity index (χ4v) is 4.28. The standard InChI is InChI=1S/C18H16F3N3O2S/c1-24-7-11(14-5-9(8-27-14)16(20)21)15(18(24)26)17(25)23-13-4-2-3-12(19)10(13)6-22/h2-5,8,11,15-16,18,26H,7H2,1H3,(H,23,25)/t11-,15+,18?/m1/s1. The Bertz CT molecular complexity index is 896. The van der Waals surface area contributed by atoms with Crippen molar-refractivity contribution in [3.8, 4) is 6.07 Å². The molecular formula is C18H16F3N3O2S. The van der Waals surface area contributed by atoms with E-state index in [9.17, 15) is 23.1 Å². The highest BCUT2D eigenvalue weighted by atomic mass is 32.1. The Morgan fingerprint density at radius 3 is 2.85 bits per heavy atom. The minimum atomic E-state index is -2.61. The van der Waals surface area contributed by atoms with Crippen molar-refractivity contribution < 1.29 is 23.1 Å². The number of carbonyl (C=O) groups is 1. The number of hydrogen-bond acceptors (Lipinski definition) is 5. The number of benzene rings is 1. The highest BCUT2D eigenvalue weighted by Crippen LogP contribution is 2.40. The SMILES string of the molecule is CN1C[C@H](c2cc(C(F)F)cs2)[C@@H](C(=O)Nc2cccc(F)c2C#N)C1O. The van der Waals surface area contributed by atoms with Gasteiger partial charge in [0, 0.05) is 22.9 Å². The maximum Gasteiger partial charge on any atom is 0.264 e. The molecule has 1 aromatic heterocycles. The molecule has 1 aliphatic rings. The number of likely N-dealkylation sites (tertiary alicyclic amines) is 1. The van der Waals surface area contributed by atoms with Crippen LogP contribution in [-0.4, -0.2) is 35.7 Å². The Morgan fingerprint density at radius 1 is 1.48 bits per heavy atom. The molecule has 3 atom stereocenters. The summed E-state index contributed by atoms with van der Waals surface area (Å²) in [6.45, 7) is 0.302. The molecule has 1 aliphatic heterocycles. The van der Waals surface area contributed by atoms with E-state index in [2.05, 4.69) is 5.32 Å². The third kappa shape index (κ3) is 3.69. The van der Waals surface area contributed by atoms with Gasteiger partial charge < -0.3 is 10.4 Å². The first kappa shape index (κ1) is 19.4. The van der Waals surface area contributed by atoms with Crippen LogP contribution in [0.3, 0.4) is 0 Å². The van der Waals surface area contributed by atoms with Crippen LogP contribution in [-0.2, 0) is 4.79 Å². The van der Waals surface area contributed by atoms with Gasteiger partial charge in [-0.25, -0.2) is 13.2 Å². The normalized spacial score (nSPS) is 22.8. The molecule has 0 spiro atoms. The topological polar surface area (TPSA) is 76.4 Å². The van der Waals surface area contributed by atoms with Crippen LogP contribution in [0.2, 0.25) is 0 Å². The number of aliphatic hydroxyl groups is 1. The highest BCUT2D eigenvalue weighted by Gasteiger charge is 2.45. The lowest BCUT2D eigenvalue weighted by molar-refractivity contribution is -0.124. The summed E-state index contributed by atoms with van der Waals surface area (Å²) >= 11 is 1.11. The van der Waals surface area contributed by atoms with Crippen molar-refractivity contribution in [2.24, 2.45) is 5.92 Å². The number of anilines is 1. The third-order valence-electron chi connectivity index (χ3n) is 4.63. The molecule has 3 rings (SSSR count). The average Bonchev–Trinajstić information content (AvgIpc) is 3.21. The number of nitrogens with zero attached hydrogens (tertiary/aromatic N) is 2. The van der Waals surface area contributed by atoms with Crippen LogP contribution in [0.4, 0.5) is 18.9 Å². The zero-order chi connectivity index (χ0) is 19.7. The molecular weight excluding hydrogens is 379 g/mol. The largest absolute Gasteiger partial charge is 0.378 e.